The molecule has 0 N–H and O–H groups in total. The predicted octanol–water partition coefficient (Wildman–Crippen LogP) is 0.687. The maximum Gasteiger partial charge on any atom is 0.272 e. The largest absolute Gasteiger partial charge is 0.335 e. The van der Waals surface area contributed by atoms with Gasteiger partial charge in [0.1, 0.15) is 5.69 Å². The van der Waals surface area contributed by atoms with Gasteiger partial charge in [-0.05, 0) is 32.5 Å². The van der Waals surface area contributed by atoms with Crippen molar-refractivity contribution in [2.24, 2.45) is 7.05 Å². The van der Waals surface area contributed by atoms with Crippen molar-refractivity contribution in [2.45, 2.75) is 18.9 Å². The number of aromatic nitrogens is 3. The van der Waals surface area contributed by atoms with Crippen LogP contribution in [0.4, 0.5) is 5.69 Å². The van der Waals surface area contributed by atoms with Crippen molar-refractivity contribution in [1.29, 1.82) is 0 Å². The average Bonchev–Trinajstić information content (AvgIpc) is 3.25. The lowest BCUT2D eigenvalue weighted by molar-refractivity contribution is -0.123. The number of rotatable bonds is 2. The van der Waals surface area contributed by atoms with E-state index in [0.29, 0.717) is 31.9 Å². The van der Waals surface area contributed by atoms with Crippen molar-refractivity contribution in [3.8, 4) is 0 Å². The van der Waals surface area contributed by atoms with Gasteiger partial charge in [-0.1, -0.05) is 6.07 Å². The highest BCUT2D eigenvalue weighted by atomic mass is 16.2. The van der Waals surface area contributed by atoms with Crippen molar-refractivity contribution in [2.75, 3.05) is 38.1 Å². The molecule has 2 fully saturated rings. The molecule has 0 bridgehead atoms. The van der Waals surface area contributed by atoms with E-state index in [1.165, 1.54) is 0 Å². The molecule has 2 aromatic heterocycles. The maximum atomic E-state index is 12.9. The van der Waals surface area contributed by atoms with Crippen LogP contribution in [0.5, 0.6) is 0 Å². The molecule has 4 rings (SSSR count). The van der Waals surface area contributed by atoms with Crippen LogP contribution in [0.25, 0.3) is 0 Å². The molecule has 0 aliphatic carbocycles. The number of likely N-dealkylation sites (N-methyl/N-ethyl adjacent to an activating group) is 1. The first-order valence-corrected chi connectivity index (χ1v) is 9.11. The summed E-state index contributed by atoms with van der Waals surface area (Å²) in [6, 6.07) is 5.50. The standard InChI is InChI=1S/C19H24N6O2/c1-14-5-4-6-16(21-14)18(27)24-8-7-19(12-24)13-25(17(26)11-22(19)2)15-9-20-23(3)10-15/h4-6,9-10H,7-8,11-13H2,1-3H3. The van der Waals surface area contributed by atoms with Gasteiger partial charge in [0.2, 0.25) is 5.91 Å². The minimum absolute atomic E-state index is 0.0474. The molecule has 8 heteroatoms. The van der Waals surface area contributed by atoms with Gasteiger partial charge in [0.15, 0.2) is 0 Å². The number of hydrogen-bond acceptors (Lipinski definition) is 5. The van der Waals surface area contributed by atoms with Crippen LogP contribution in [0.15, 0.2) is 30.6 Å². The Morgan fingerprint density at radius 3 is 2.74 bits per heavy atom. The normalized spacial score (nSPS) is 23.4. The van der Waals surface area contributed by atoms with E-state index < -0.39 is 0 Å². The Morgan fingerprint density at radius 1 is 1.22 bits per heavy atom. The zero-order valence-electron chi connectivity index (χ0n) is 15.9. The number of likely N-dealkylation sites (tertiary alicyclic amines) is 1. The second-order valence-corrected chi connectivity index (χ2v) is 7.57. The van der Waals surface area contributed by atoms with Crippen LogP contribution in [0.3, 0.4) is 0 Å². The first-order chi connectivity index (χ1) is 12.9. The van der Waals surface area contributed by atoms with Gasteiger partial charge in [0.05, 0.1) is 24.0 Å². The minimum Gasteiger partial charge on any atom is -0.335 e. The Kier molecular flexibility index (Phi) is 4.22. The Bertz CT molecular complexity index is 894. The van der Waals surface area contributed by atoms with E-state index in [0.717, 1.165) is 17.8 Å². The number of aryl methyl sites for hydroxylation is 2. The van der Waals surface area contributed by atoms with Crippen LogP contribution < -0.4 is 4.90 Å². The average molecular weight is 368 g/mol. The van der Waals surface area contributed by atoms with Crippen LogP contribution >= 0.6 is 0 Å². The summed E-state index contributed by atoms with van der Waals surface area (Å²) in [7, 11) is 3.81. The van der Waals surface area contributed by atoms with Crippen LogP contribution in [-0.2, 0) is 11.8 Å². The molecular formula is C19H24N6O2. The SMILES string of the molecule is Cc1cccc(C(=O)N2CCC3(C2)CN(c2cnn(C)c2)C(=O)CN3C)n1. The molecular weight excluding hydrogens is 344 g/mol. The fourth-order valence-corrected chi connectivity index (χ4v) is 4.04. The highest BCUT2D eigenvalue weighted by molar-refractivity contribution is 5.96. The molecule has 2 aliphatic heterocycles. The van der Waals surface area contributed by atoms with Gasteiger partial charge in [0.25, 0.3) is 5.91 Å². The third kappa shape index (κ3) is 3.10. The van der Waals surface area contributed by atoms with Gasteiger partial charge in [-0.15, -0.1) is 0 Å². The smallest absolute Gasteiger partial charge is 0.272 e. The predicted molar refractivity (Wildman–Crippen MR) is 100 cm³/mol. The molecule has 0 aromatic carbocycles. The lowest BCUT2D eigenvalue weighted by atomic mass is 9.93. The van der Waals surface area contributed by atoms with E-state index in [4.69, 9.17) is 0 Å². The first kappa shape index (κ1) is 17.7. The van der Waals surface area contributed by atoms with E-state index in [1.807, 2.05) is 44.2 Å². The van der Waals surface area contributed by atoms with Gasteiger partial charge in [-0.3, -0.25) is 19.2 Å². The van der Waals surface area contributed by atoms with Gasteiger partial charge in [-0.25, -0.2) is 4.98 Å². The van der Waals surface area contributed by atoms with E-state index in [2.05, 4.69) is 15.0 Å². The molecule has 2 amide bonds. The monoisotopic (exact) mass is 368 g/mol. The summed E-state index contributed by atoms with van der Waals surface area (Å²) in [5, 5.41) is 4.19. The Labute approximate surface area is 158 Å². The van der Waals surface area contributed by atoms with E-state index >= 15 is 0 Å². The number of nitrogens with zero attached hydrogens (tertiary/aromatic N) is 6. The summed E-state index contributed by atoms with van der Waals surface area (Å²) in [5.41, 5.74) is 1.87. The summed E-state index contributed by atoms with van der Waals surface area (Å²) in [4.78, 5) is 35.6. The number of amides is 2. The van der Waals surface area contributed by atoms with Gasteiger partial charge < -0.3 is 9.80 Å². The zero-order valence-corrected chi connectivity index (χ0v) is 15.9. The highest BCUT2D eigenvalue weighted by Gasteiger charge is 2.49. The number of anilines is 1. The topological polar surface area (TPSA) is 74.6 Å². The molecule has 8 nitrogen and oxygen atoms in total. The summed E-state index contributed by atoms with van der Waals surface area (Å²) < 4.78 is 1.70. The number of pyridine rings is 1. The Balaban J connectivity index is 1.56. The maximum absolute atomic E-state index is 12.9. The molecule has 1 spiro atoms. The van der Waals surface area contributed by atoms with Gasteiger partial charge >= 0.3 is 0 Å². The second kappa shape index (κ2) is 6.45. The molecule has 142 valence electrons. The summed E-state index contributed by atoms with van der Waals surface area (Å²) in [6.07, 6.45) is 4.39. The molecule has 27 heavy (non-hydrogen) atoms. The fraction of sp³-hybridized carbons (Fsp3) is 0.474. The van der Waals surface area contributed by atoms with Crippen molar-refractivity contribution >= 4 is 17.5 Å². The zero-order chi connectivity index (χ0) is 19.2. The summed E-state index contributed by atoms with van der Waals surface area (Å²) in [5.74, 6) is 0.00931. The fourth-order valence-electron chi connectivity index (χ4n) is 4.04. The molecule has 2 aliphatic rings. The second-order valence-electron chi connectivity index (χ2n) is 7.57. The molecule has 1 unspecified atom stereocenters. The Hall–Kier alpha value is -2.74. The lowest BCUT2D eigenvalue weighted by Crippen LogP contribution is -2.64. The minimum atomic E-state index is -0.247. The van der Waals surface area contributed by atoms with Crippen LogP contribution in [0.2, 0.25) is 0 Å². The summed E-state index contributed by atoms with van der Waals surface area (Å²) >= 11 is 0. The van der Waals surface area contributed by atoms with Crippen molar-refractivity contribution in [1.82, 2.24) is 24.6 Å². The third-order valence-electron chi connectivity index (χ3n) is 5.67. The molecule has 2 saturated heterocycles. The highest BCUT2D eigenvalue weighted by Crippen LogP contribution is 2.33. The van der Waals surface area contributed by atoms with Crippen LogP contribution in [0.1, 0.15) is 22.6 Å². The molecule has 1 atom stereocenters. The number of carbonyl (C=O) groups excluding carboxylic acids is 2. The molecule has 0 radical (unpaired) electrons. The van der Waals surface area contributed by atoms with Gasteiger partial charge in [-0.2, -0.15) is 5.10 Å². The van der Waals surface area contributed by atoms with Crippen LogP contribution in [-0.4, -0.2) is 75.1 Å². The number of carbonyl (C=O) groups is 2. The first-order valence-electron chi connectivity index (χ1n) is 9.11. The quantitative estimate of drug-likeness (QED) is 0.780. The lowest BCUT2D eigenvalue weighted by Gasteiger charge is -2.46. The van der Waals surface area contributed by atoms with Gasteiger partial charge in [0, 0.05) is 38.6 Å². The van der Waals surface area contributed by atoms with Crippen molar-refractivity contribution < 1.29 is 9.59 Å². The van der Waals surface area contributed by atoms with Crippen molar-refractivity contribution in [3.63, 3.8) is 0 Å². The number of piperazine rings is 1. The van der Waals surface area contributed by atoms with E-state index in [1.54, 1.807) is 21.8 Å². The summed E-state index contributed by atoms with van der Waals surface area (Å²) in [6.45, 7) is 4.02. The number of hydrogen-bond donors (Lipinski definition) is 0. The molecule has 4 heterocycles. The van der Waals surface area contributed by atoms with Crippen molar-refractivity contribution in [3.05, 3.63) is 42.0 Å². The van der Waals surface area contributed by atoms with E-state index in [-0.39, 0.29) is 17.4 Å². The third-order valence-corrected chi connectivity index (χ3v) is 5.67. The van der Waals surface area contributed by atoms with E-state index in [9.17, 15) is 9.59 Å². The Morgan fingerprint density at radius 2 is 2.04 bits per heavy atom. The van der Waals surface area contributed by atoms with Crippen LogP contribution in [0, 0.1) is 6.92 Å². The molecule has 0 saturated carbocycles. The molecule has 2 aromatic rings.